The zero-order valence-electron chi connectivity index (χ0n) is 17.2. The molecule has 0 amide bonds. The summed E-state index contributed by atoms with van der Waals surface area (Å²) < 4.78 is 2.74. The van der Waals surface area contributed by atoms with Crippen molar-refractivity contribution in [2.24, 2.45) is 0 Å². The van der Waals surface area contributed by atoms with Crippen molar-refractivity contribution >= 4 is 28.9 Å². The summed E-state index contributed by atoms with van der Waals surface area (Å²) in [5.41, 5.74) is 4.14. The van der Waals surface area contributed by atoms with E-state index in [-0.39, 0.29) is 6.04 Å². The maximum atomic E-state index is 5.82. The number of para-hydroxylation sites is 1. The molecule has 2 aromatic heterocycles. The van der Waals surface area contributed by atoms with Gasteiger partial charge in [0.1, 0.15) is 10.7 Å². The number of fused-ring (bicyclic) bond motifs is 1. The molecule has 1 aliphatic rings. The fourth-order valence-corrected chi connectivity index (χ4v) is 4.54. The summed E-state index contributed by atoms with van der Waals surface area (Å²) in [4.78, 5) is 9.33. The van der Waals surface area contributed by atoms with E-state index in [4.69, 9.17) is 12.2 Å². The average molecular weight is 429 g/mol. The fourth-order valence-electron chi connectivity index (χ4n) is 4.24. The minimum Gasteiger partial charge on any atom is -0.370 e. The summed E-state index contributed by atoms with van der Waals surface area (Å²) in [6.07, 6.45) is 3.54. The third-order valence-electron chi connectivity index (χ3n) is 5.91. The van der Waals surface area contributed by atoms with E-state index in [2.05, 4.69) is 86.2 Å². The number of rotatable bonds is 5. The summed E-state index contributed by atoms with van der Waals surface area (Å²) in [5.74, 6) is 0. The molecule has 156 valence electrons. The summed E-state index contributed by atoms with van der Waals surface area (Å²) >= 11 is 5.82. The van der Waals surface area contributed by atoms with Crippen LogP contribution in [0.3, 0.4) is 0 Å². The van der Waals surface area contributed by atoms with Crippen LogP contribution >= 0.6 is 12.2 Å². The Labute approximate surface area is 186 Å². The standard InChI is InChI=1S/C24H24N6S/c1-18(28-12-14-29(15-13-28)20-10-6-3-7-11-20)22(19-8-4-2-5-9-19)30-17-25-23-21(24(30)31)16-26-27-23/h2-11,16-17,22H,1,12-15H2,(H,26,27). The van der Waals surface area contributed by atoms with Gasteiger partial charge in [-0.2, -0.15) is 5.10 Å². The summed E-state index contributed by atoms with van der Waals surface area (Å²) in [7, 11) is 0. The lowest BCUT2D eigenvalue weighted by molar-refractivity contribution is 0.294. The van der Waals surface area contributed by atoms with Crippen LogP contribution in [0, 0.1) is 4.64 Å². The van der Waals surface area contributed by atoms with Crippen LogP contribution in [0.5, 0.6) is 0 Å². The number of nitrogens with one attached hydrogen (secondary N) is 1. The van der Waals surface area contributed by atoms with Crippen molar-refractivity contribution in [2.75, 3.05) is 31.1 Å². The van der Waals surface area contributed by atoms with Crippen molar-refractivity contribution in [3.05, 3.63) is 95.7 Å². The molecule has 7 heteroatoms. The van der Waals surface area contributed by atoms with Crippen molar-refractivity contribution < 1.29 is 0 Å². The largest absolute Gasteiger partial charge is 0.370 e. The SMILES string of the molecule is C=C(C(c1ccccc1)n1cnc2[nH]ncc2c1=S)N1CCN(c2ccccc2)CC1. The van der Waals surface area contributed by atoms with E-state index >= 15 is 0 Å². The van der Waals surface area contributed by atoms with Crippen LogP contribution in [0.4, 0.5) is 5.69 Å². The molecular weight excluding hydrogens is 404 g/mol. The lowest BCUT2D eigenvalue weighted by atomic mass is 10.0. The van der Waals surface area contributed by atoms with Gasteiger partial charge in [0, 0.05) is 37.6 Å². The first kappa shape index (κ1) is 19.5. The van der Waals surface area contributed by atoms with Gasteiger partial charge in [-0.3, -0.25) is 5.10 Å². The fraction of sp³-hybridized carbons (Fsp3) is 0.208. The molecular formula is C24H24N6S. The molecule has 2 aromatic carbocycles. The number of H-pyrrole nitrogens is 1. The molecule has 0 saturated carbocycles. The Kier molecular flexibility index (Phi) is 5.26. The monoisotopic (exact) mass is 428 g/mol. The Morgan fingerprint density at radius 2 is 1.65 bits per heavy atom. The number of hydrogen-bond acceptors (Lipinski definition) is 5. The normalized spacial score (nSPS) is 15.2. The van der Waals surface area contributed by atoms with E-state index in [1.165, 1.54) is 5.69 Å². The van der Waals surface area contributed by atoms with E-state index in [1.54, 1.807) is 12.5 Å². The molecule has 1 N–H and O–H groups in total. The Hall–Kier alpha value is -3.45. The van der Waals surface area contributed by atoms with Crippen molar-refractivity contribution in [1.82, 2.24) is 24.6 Å². The summed E-state index contributed by atoms with van der Waals surface area (Å²) in [6.45, 7) is 8.25. The molecule has 0 aliphatic carbocycles. The maximum absolute atomic E-state index is 5.82. The topological polar surface area (TPSA) is 53.0 Å². The average Bonchev–Trinajstić information content (AvgIpc) is 3.32. The highest BCUT2D eigenvalue weighted by Gasteiger charge is 2.26. The van der Waals surface area contributed by atoms with E-state index in [9.17, 15) is 0 Å². The van der Waals surface area contributed by atoms with Gasteiger partial charge in [-0.25, -0.2) is 4.98 Å². The van der Waals surface area contributed by atoms with Crippen molar-refractivity contribution in [1.29, 1.82) is 0 Å². The van der Waals surface area contributed by atoms with Gasteiger partial charge in [-0.15, -0.1) is 0 Å². The first-order chi connectivity index (χ1) is 15.2. The zero-order chi connectivity index (χ0) is 21.2. The molecule has 1 saturated heterocycles. The van der Waals surface area contributed by atoms with Gasteiger partial charge in [0.2, 0.25) is 0 Å². The molecule has 1 fully saturated rings. The quantitative estimate of drug-likeness (QED) is 0.477. The van der Waals surface area contributed by atoms with E-state index < -0.39 is 0 Å². The number of hydrogen-bond donors (Lipinski definition) is 1. The number of anilines is 1. The molecule has 31 heavy (non-hydrogen) atoms. The van der Waals surface area contributed by atoms with Crippen molar-refractivity contribution in [3.63, 3.8) is 0 Å². The van der Waals surface area contributed by atoms with Gasteiger partial charge in [0.05, 0.1) is 17.9 Å². The highest BCUT2D eigenvalue weighted by atomic mass is 32.1. The van der Waals surface area contributed by atoms with Gasteiger partial charge >= 0.3 is 0 Å². The molecule has 1 unspecified atom stereocenters. The number of aromatic nitrogens is 4. The van der Waals surface area contributed by atoms with Crippen LogP contribution in [0.15, 0.2) is 85.5 Å². The third kappa shape index (κ3) is 3.72. The van der Waals surface area contributed by atoms with E-state index in [1.807, 2.05) is 10.6 Å². The van der Waals surface area contributed by atoms with Crippen LogP contribution in [-0.4, -0.2) is 50.8 Å². The Balaban J connectivity index is 1.45. The number of piperazine rings is 1. The maximum Gasteiger partial charge on any atom is 0.159 e. The van der Waals surface area contributed by atoms with E-state index in [0.717, 1.165) is 42.8 Å². The first-order valence-electron chi connectivity index (χ1n) is 10.4. The second-order valence-corrected chi connectivity index (χ2v) is 8.09. The first-order valence-corrected chi connectivity index (χ1v) is 10.8. The Morgan fingerprint density at radius 1 is 0.968 bits per heavy atom. The molecule has 0 radical (unpaired) electrons. The number of benzene rings is 2. The smallest absolute Gasteiger partial charge is 0.159 e. The highest BCUT2D eigenvalue weighted by molar-refractivity contribution is 7.71. The third-order valence-corrected chi connectivity index (χ3v) is 6.34. The molecule has 1 aliphatic heterocycles. The van der Waals surface area contributed by atoms with Gasteiger partial charge < -0.3 is 14.4 Å². The lowest BCUT2D eigenvalue weighted by Crippen LogP contribution is -2.47. The lowest BCUT2D eigenvalue weighted by Gasteiger charge is -2.40. The highest BCUT2D eigenvalue weighted by Crippen LogP contribution is 2.30. The number of nitrogens with zero attached hydrogens (tertiary/aromatic N) is 5. The van der Waals surface area contributed by atoms with Gasteiger partial charge in [-0.1, -0.05) is 67.3 Å². The summed E-state index contributed by atoms with van der Waals surface area (Å²) in [5, 5.41) is 7.85. The van der Waals surface area contributed by atoms with Crippen LogP contribution in [-0.2, 0) is 0 Å². The Morgan fingerprint density at radius 3 is 2.35 bits per heavy atom. The molecule has 0 spiro atoms. The van der Waals surface area contributed by atoms with Gasteiger partial charge in [0.25, 0.3) is 0 Å². The van der Waals surface area contributed by atoms with Crippen LogP contribution in [0.2, 0.25) is 0 Å². The summed E-state index contributed by atoms with van der Waals surface area (Å²) in [6, 6.07) is 20.8. The second-order valence-electron chi connectivity index (χ2n) is 7.70. The molecule has 3 heterocycles. The molecule has 1 atom stereocenters. The van der Waals surface area contributed by atoms with Crippen LogP contribution in [0.1, 0.15) is 11.6 Å². The minimum atomic E-state index is -0.122. The van der Waals surface area contributed by atoms with Crippen LogP contribution in [0.25, 0.3) is 11.0 Å². The van der Waals surface area contributed by atoms with E-state index in [0.29, 0.717) is 10.3 Å². The molecule has 4 aromatic rings. The molecule has 6 nitrogen and oxygen atoms in total. The van der Waals surface area contributed by atoms with Gasteiger partial charge in [0.15, 0.2) is 5.65 Å². The zero-order valence-corrected chi connectivity index (χ0v) is 18.0. The predicted molar refractivity (Wildman–Crippen MR) is 127 cm³/mol. The minimum absolute atomic E-state index is 0.122. The molecule has 0 bridgehead atoms. The Bertz CT molecular complexity index is 1240. The predicted octanol–water partition coefficient (Wildman–Crippen LogP) is 4.41. The molecule has 5 rings (SSSR count). The van der Waals surface area contributed by atoms with Crippen LogP contribution < -0.4 is 4.90 Å². The number of allylic oxidation sites excluding steroid dienone is 1. The van der Waals surface area contributed by atoms with Crippen molar-refractivity contribution in [3.8, 4) is 0 Å². The van der Waals surface area contributed by atoms with Crippen molar-refractivity contribution in [2.45, 2.75) is 6.04 Å². The second kappa shape index (κ2) is 8.35. The number of aromatic amines is 1. The van der Waals surface area contributed by atoms with Gasteiger partial charge in [-0.05, 0) is 17.7 Å².